The molecular weight excluding hydrogens is 240 g/mol. The first-order valence-electron chi connectivity index (χ1n) is 4.77. The normalized spacial score (nSPS) is 11.4. The molecule has 17 heavy (non-hydrogen) atoms. The molecule has 0 fully saturated rings. The fraction of sp³-hybridized carbons (Fsp3) is 0.364. The highest BCUT2D eigenvalue weighted by atomic mass is 19.4. The summed E-state index contributed by atoms with van der Waals surface area (Å²) in [7, 11) is 1.16. The third-order valence-electron chi connectivity index (χ3n) is 2.20. The molecule has 6 heteroatoms. The number of carbonyl (C=O) groups excluding carboxylic acids is 1. The van der Waals surface area contributed by atoms with E-state index in [1.807, 2.05) is 0 Å². The zero-order chi connectivity index (χ0) is 13.1. The fourth-order valence-corrected chi connectivity index (χ4v) is 1.28. The van der Waals surface area contributed by atoms with Crippen molar-refractivity contribution in [3.63, 3.8) is 0 Å². The lowest BCUT2D eigenvalue weighted by molar-refractivity contribution is -0.140. The predicted octanol–water partition coefficient (Wildman–Crippen LogP) is 2.95. The number of methoxy groups -OCH3 is 1. The number of carbonyl (C=O) groups is 1. The van der Waals surface area contributed by atoms with E-state index in [9.17, 15) is 22.4 Å². The zero-order valence-electron chi connectivity index (χ0n) is 8.97. The standard InChI is InChI=1S/C11H10F4O2/c1-17-10(16)5-2-7-6-8(11(13,14)15)3-4-9(7)12/h3-4,6H,2,5H2,1H3. The molecule has 1 aromatic rings. The summed E-state index contributed by atoms with van der Waals surface area (Å²) in [5.74, 6) is -1.36. The third kappa shape index (κ3) is 3.72. The number of benzene rings is 1. The first-order valence-corrected chi connectivity index (χ1v) is 4.77. The fourth-order valence-electron chi connectivity index (χ4n) is 1.28. The number of esters is 1. The molecule has 0 spiro atoms. The summed E-state index contributed by atoms with van der Waals surface area (Å²) in [5, 5.41) is 0. The molecule has 0 aromatic heterocycles. The van der Waals surface area contributed by atoms with Gasteiger partial charge in [0.2, 0.25) is 0 Å². The first kappa shape index (κ1) is 13.5. The van der Waals surface area contributed by atoms with E-state index >= 15 is 0 Å². The first-order chi connectivity index (χ1) is 7.84. The van der Waals surface area contributed by atoms with Crippen molar-refractivity contribution in [2.45, 2.75) is 19.0 Å². The van der Waals surface area contributed by atoms with Crippen LogP contribution in [0.2, 0.25) is 0 Å². The highest BCUT2D eigenvalue weighted by molar-refractivity contribution is 5.69. The Kier molecular flexibility index (Phi) is 4.09. The van der Waals surface area contributed by atoms with Crippen LogP contribution in [0.15, 0.2) is 18.2 Å². The van der Waals surface area contributed by atoms with Gasteiger partial charge in [-0.15, -0.1) is 0 Å². The van der Waals surface area contributed by atoms with Crippen LogP contribution in [-0.2, 0) is 22.1 Å². The van der Waals surface area contributed by atoms with Gasteiger partial charge in [0.15, 0.2) is 0 Å². The van der Waals surface area contributed by atoms with Crippen LogP contribution in [0.5, 0.6) is 0 Å². The summed E-state index contributed by atoms with van der Waals surface area (Å²) < 4.78 is 54.6. The molecular formula is C11H10F4O2. The Hall–Kier alpha value is -1.59. The van der Waals surface area contributed by atoms with Gasteiger partial charge in [-0.25, -0.2) is 4.39 Å². The van der Waals surface area contributed by atoms with E-state index in [0.717, 1.165) is 13.2 Å². The molecule has 1 aromatic carbocycles. The molecule has 1 rings (SSSR count). The smallest absolute Gasteiger partial charge is 0.416 e. The summed E-state index contributed by atoms with van der Waals surface area (Å²) in [4.78, 5) is 10.8. The molecule has 2 nitrogen and oxygen atoms in total. The lowest BCUT2D eigenvalue weighted by Gasteiger charge is -2.09. The van der Waals surface area contributed by atoms with Crippen LogP contribution >= 0.6 is 0 Å². The van der Waals surface area contributed by atoms with Gasteiger partial charge in [-0.05, 0) is 30.2 Å². The van der Waals surface area contributed by atoms with E-state index in [0.29, 0.717) is 12.1 Å². The van der Waals surface area contributed by atoms with Crippen molar-refractivity contribution in [2.75, 3.05) is 7.11 Å². The second-order valence-electron chi connectivity index (χ2n) is 3.38. The van der Waals surface area contributed by atoms with Crippen molar-refractivity contribution >= 4 is 5.97 Å². The molecule has 94 valence electrons. The lowest BCUT2D eigenvalue weighted by Crippen LogP contribution is -2.08. The molecule has 0 amide bonds. The summed E-state index contributed by atoms with van der Waals surface area (Å²) in [6.45, 7) is 0. The summed E-state index contributed by atoms with van der Waals surface area (Å²) in [6, 6.07) is 2.12. The maximum Gasteiger partial charge on any atom is 0.416 e. The Bertz CT molecular complexity index is 412. The highest BCUT2D eigenvalue weighted by Gasteiger charge is 2.31. The quantitative estimate of drug-likeness (QED) is 0.609. The van der Waals surface area contributed by atoms with Crippen LogP contribution in [0.3, 0.4) is 0 Å². The Labute approximate surface area is 95.2 Å². The van der Waals surface area contributed by atoms with Crippen LogP contribution < -0.4 is 0 Å². The average molecular weight is 250 g/mol. The van der Waals surface area contributed by atoms with Crippen molar-refractivity contribution < 1.29 is 27.1 Å². The zero-order valence-corrected chi connectivity index (χ0v) is 8.97. The van der Waals surface area contributed by atoms with Gasteiger partial charge in [-0.3, -0.25) is 4.79 Å². The summed E-state index contributed by atoms with van der Waals surface area (Å²) in [6.07, 6.45) is -4.80. The molecule has 0 atom stereocenters. The van der Waals surface area contributed by atoms with Crippen molar-refractivity contribution in [3.8, 4) is 0 Å². The van der Waals surface area contributed by atoms with E-state index < -0.39 is 23.5 Å². The van der Waals surface area contributed by atoms with Crippen LogP contribution in [-0.4, -0.2) is 13.1 Å². The van der Waals surface area contributed by atoms with E-state index in [1.165, 1.54) is 0 Å². The van der Waals surface area contributed by atoms with Crippen molar-refractivity contribution in [1.29, 1.82) is 0 Å². The van der Waals surface area contributed by atoms with Crippen LogP contribution in [0, 0.1) is 5.82 Å². The number of halogens is 4. The number of hydrogen-bond donors (Lipinski definition) is 0. The minimum atomic E-state index is -4.52. The SMILES string of the molecule is COC(=O)CCc1cc(C(F)(F)F)ccc1F. The molecule has 0 aliphatic carbocycles. The van der Waals surface area contributed by atoms with Gasteiger partial charge in [0.1, 0.15) is 5.82 Å². The number of aryl methyl sites for hydroxylation is 1. The van der Waals surface area contributed by atoms with E-state index in [4.69, 9.17) is 0 Å². The maximum absolute atomic E-state index is 13.2. The maximum atomic E-state index is 13.2. The number of rotatable bonds is 3. The average Bonchev–Trinajstić information content (AvgIpc) is 2.26. The Balaban J connectivity index is 2.88. The number of ether oxygens (including phenoxy) is 1. The van der Waals surface area contributed by atoms with Gasteiger partial charge in [0.05, 0.1) is 12.7 Å². The predicted molar refractivity (Wildman–Crippen MR) is 51.7 cm³/mol. The van der Waals surface area contributed by atoms with Gasteiger partial charge in [-0.2, -0.15) is 13.2 Å². The van der Waals surface area contributed by atoms with Gasteiger partial charge in [0, 0.05) is 6.42 Å². The molecule has 0 N–H and O–H groups in total. The van der Waals surface area contributed by atoms with Crippen molar-refractivity contribution in [3.05, 3.63) is 35.1 Å². The van der Waals surface area contributed by atoms with E-state index in [1.54, 1.807) is 0 Å². The monoisotopic (exact) mass is 250 g/mol. The number of alkyl halides is 3. The topological polar surface area (TPSA) is 26.3 Å². The van der Waals surface area contributed by atoms with Crippen LogP contribution in [0.25, 0.3) is 0 Å². The van der Waals surface area contributed by atoms with Gasteiger partial charge in [-0.1, -0.05) is 0 Å². The molecule has 0 heterocycles. The van der Waals surface area contributed by atoms with Gasteiger partial charge >= 0.3 is 12.1 Å². The molecule has 0 radical (unpaired) electrons. The van der Waals surface area contributed by atoms with E-state index in [2.05, 4.69) is 4.74 Å². The van der Waals surface area contributed by atoms with Crippen LogP contribution in [0.1, 0.15) is 17.5 Å². The van der Waals surface area contributed by atoms with E-state index in [-0.39, 0.29) is 18.4 Å². The molecule has 0 unspecified atom stereocenters. The molecule has 0 bridgehead atoms. The molecule has 0 saturated carbocycles. The second-order valence-corrected chi connectivity index (χ2v) is 3.38. The largest absolute Gasteiger partial charge is 0.469 e. The Morgan fingerprint density at radius 1 is 1.35 bits per heavy atom. The Morgan fingerprint density at radius 2 is 2.00 bits per heavy atom. The third-order valence-corrected chi connectivity index (χ3v) is 2.20. The lowest BCUT2D eigenvalue weighted by atomic mass is 10.1. The molecule has 0 saturated heterocycles. The molecule has 0 aliphatic rings. The summed E-state index contributed by atoms with van der Waals surface area (Å²) >= 11 is 0. The minimum absolute atomic E-state index is 0.123. The van der Waals surface area contributed by atoms with Crippen molar-refractivity contribution in [2.24, 2.45) is 0 Å². The second kappa shape index (κ2) is 5.16. The van der Waals surface area contributed by atoms with Crippen LogP contribution in [0.4, 0.5) is 17.6 Å². The summed E-state index contributed by atoms with van der Waals surface area (Å²) in [5.41, 5.74) is -1.08. The minimum Gasteiger partial charge on any atom is -0.469 e. The van der Waals surface area contributed by atoms with Gasteiger partial charge in [0.25, 0.3) is 0 Å². The number of hydrogen-bond acceptors (Lipinski definition) is 2. The molecule has 0 aliphatic heterocycles. The van der Waals surface area contributed by atoms with Gasteiger partial charge < -0.3 is 4.74 Å². The highest BCUT2D eigenvalue weighted by Crippen LogP contribution is 2.30. The van der Waals surface area contributed by atoms with Crippen molar-refractivity contribution in [1.82, 2.24) is 0 Å². The Morgan fingerprint density at radius 3 is 2.53 bits per heavy atom.